The lowest BCUT2D eigenvalue weighted by atomic mass is 9.89. The van der Waals surface area contributed by atoms with Crippen LogP contribution in [0.2, 0.25) is 0 Å². The van der Waals surface area contributed by atoms with Crippen molar-refractivity contribution in [3.63, 3.8) is 0 Å². The average Bonchev–Trinajstić information content (AvgIpc) is 2.91. The Bertz CT molecular complexity index is 597. The molecular weight excluding hydrogens is 295 g/mol. The largest absolute Gasteiger partial charge is 0.444 e. The Hall–Kier alpha value is -1.78. The summed E-state index contributed by atoms with van der Waals surface area (Å²) in [6, 6.07) is 5.40. The zero-order valence-corrected chi connectivity index (χ0v) is 14.1. The van der Waals surface area contributed by atoms with E-state index in [4.69, 9.17) is 4.74 Å². The molecule has 2 heterocycles. The van der Waals surface area contributed by atoms with E-state index in [1.807, 2.05) is 26.8 Å². The Morgan fingerprint density at radius 2 is 2.17 bits per heavy atom. The minimum absolute atomic E-state index is 0.187. The molecule has 1 aromatic carbocycles. The first-order chi connectivity index (χ1) is 10.8. The van der Waals surface area contributed by atoms with E-state index >= 15 is 0 Å². The molecule has 2 atom stereocenters. The number of carbonyl (C=O) groups excluding carboxylic acids is 1. The highest BCUT2D eigenvalue weighted by atomic mass is 19.1. The third-order valence-corrected chi connectivity index (χ3v) is 4.55. The van der Waals surface area contributed by atoms with Crippen LogP contribution in [0.4, 0.5) is 14.9 Å². The summed E-state index contributed by atoms with van der Waals surface area (Å²) in [5.74, 6) is 0.132. The number of anilines is 1. The Balaban J connectivity index is 1.64. The van der Waals surface area contributed by atoms with Crippen LogP contribution in [-0.4, -0.2) is 35.7 Å². The lowest BCUT2D eigenvalue weighted by Crippen LogP contribution is -2.46. The van der Waals surface area contributed by atoms with Crippen molar-refractivity contribution in [1.82, 2.24) is 4.90 Å². The molecule has 3 rings (SSSR count). The highest BCUT2D eigenvalue weighted by Gasteiger charge is 2.35. The van der Waals surface area contributed by atoms with Crippen molar-refractivity contribution >= 4 is 11.8 Å². The first-order valence-corrected chi connectivity index (χ1v) is 8.35. The van der Waals surface area contributed by atoms with Crippen molar-refractivity contribution in [2.24, 2.45) is 5.92 Å². The van der Waals surface area contributed by atoms with Gasteiger partial charge >= 0.3 is 6.09 Å². The topological polar surface area (TPSA) is 41.6 Å². The van der Waals surface area contributed by atoms with E-state index in [1.165, 1.54) is 6.07 Å². The van der Waals surface area contributed by atoms with Crippen LogP contribution in [0.15, 0.2) is 18.2 Å². The van der Waals surface area contributed by atoms with Crippen LogP contribution < -0.4 is 5.32 Å². The van der Waals surface area contributed by atoms with Gasteiger partial charge in [-0.15, -0.1) is 0 Å². The normalized spacial score (nSPS) is 24.1. The number of carbonyl (C=O) groups is 1. The molecule has 2 aliphatic heterocycles. The molecule has 126 valence electrons. The van der Waals surface area contributed by atoms with Gasteiger partial charge in [0, 0.05) is 19.1 Å². The molecule has 0 radical (unpaired) electrons. The Morgan fingerprint density at radius 3 is 2.87 bits per heavy atom. The number of likely N-dealkylation sites (tertiary alicyclic amines) is 1. The number of hydrogen-bond donors (Lipinski definition) is 1. The molecule has 2 aliphatic rings. The van der Waals surface area contributed by atoms with Crippen LogP contribution in [0.25, 0.3) is 0 Å². The number of rotatable bonds is 1. The molecule has 1 saturated heterocycles. The molecule has 0 bridgehead atoms. The minimum Gasteiger partial charge on any atom is -0.444 e. The predicted octanol–water partition coefficient (Wildman–Crippen LogP) is 3.81. The number of halogens is 1. The van der Waals surface area contributed by atoms with E-state index in [9.17, 15) is 9.18 Å². The maximum atomic E-state index is 13.9. The van der Waals surface area contributed by atoms with Gasteiger partial charge in [-0.3, -0.25) is 0 Å². The summed E-state index contributed by atoms with van der Waals surface area (Å²) in [5, 5.41) is 3.33. The fourth-order valence-corrected chi connectivity index (χ4v) is 3.49. The van der Waals surface area contributed by atoms with Gasteiger partial charge in [0.15, 0.2) is 0 Å². The second-order valence-electron chi connectivity index (χ2n) is 7.56. The van der Waals surface area contributed by atoms with Gasteiger partial charge in [0.05, 0.1) is 5.69 Å². The zero-order valence-electron chi connectivity index (χ0n) is 14.1. The number of hydrogen-bond acceptors (Lipinski definition) is 3. The van der Waals surface area contributed by atoms with E-state index in [0.29, 0.717) is 18.2 Å². The smallest absolute Gasteiger partial charge is 0.410 e. The molecule has 1 N–H and O–H groups in total. The number of benzene rings is 1. The summed E-state index contributed by atoms with van der Waals surface area (Å²) in [6.45, 7) is 7.04. The number of para-hydroxylation sites is 1. The van der Waals surface area contributed by atoms with Crippen molar-refractivity contribution in [2.75, 3.05) is 18.4 Å². The quantitative estimate of drug-likeness (QED) is 0.855. The van der Waals surface area contributed by atoms with E-state index in [-0.39, 0.29) is 18.0 Å². The third kappa shape index (κ3) is 3.59. The van der Waals surface area contributed by atoms with Crippen molar-refractivity contribution in [3.8, 4) is 0 Å². The first kappa shape index (κ1) is 16.1. The first-order valence-electron chi connectivity index (χ1n) is 8.35. The Kier molecular flexibility index (Phi) is 4.21. The summed E-state index contributed by atoms with van der Waals surface area (Å²) >= 11 is 0. The van der Waals surface area contributed by atoms with E-state index in [1.54, 1.807) is 11.0 Å². The Labute approximate surface area is 137 Å². The van der Waals surface area contributed by atoms with Crippen LogP contribution in [-0.2, 0) is 11.2 Å². The summed E-state index contributed by atoms with van der Waals surface area (Å²) < 4.78 is 19.4. The molecule has 2 unspecified atom stereocenters. The Morgan fingerprint density at radius 1 is 1.39 bits per heavy atom. The van der Waals surface area contributed by atoms with Crippen LogP contribution in [0.1, 0.15) is 39.2 Å². The molecule has 0 aliphatic carbocycles. The fourth-order valence-electron chi connectivity index (χ4n) is 3.49. The van der Waals surface area contributed by atoms with Crippen LogP contribution >= 0.6 is 0 Å². The molecule has 0 saturated carbocycles. The molecule has 1 aromatic rings. The van der Waals surface area contributed by atoms with Crippen molar-refractivity contribution in [2.45, 2.75) is 51.7 Å². The van der Waals surface area contributed by atoms with E-state index < -0.39 is 5.60 Å². The van der Waals surface area contributed by atoms with Crippen molar-refractivity contribution < 1.29 is 13.9 Å². The summed E-state index contributed by atoms with van der Waals surface area (Å²) in [7, 11) is 0. The molecule has 4 nitrogen and oxygen atoms in total. The second-order valence-corrected chi connectivity index (χ2v) is 7.56. The van der Waals surface area contributed by atoms with Crippen LogP contribution in [0.3, 0.4) is 0 Å². The van der Waals surface area contributed by atoms with Gasteiger partial charge in [-0.25, -0.2) is 9.18 Å². The monoisotopic (exact) mass is 320 g/mol. The number of nitrogens with one attached hydrogen (secondary N) is 1. The maximum Gasteiger partial charge on any atom is 0.410 e. The minimum atomic E-state index is -0.477. The molecular formula is C18H25FN2O2. The van der Waals surface area contributed by atoms with Gasteiger partial charge in [0.1, 0.15) is 11.4 Å². The van der Waals surface area contributed by atoms with Crippen LogP contribution in [0.5, 0.6) is 0 Å². The lowest BCUT2D eigenvalue weighted by Gasteiger charge is -2.36. The molecule has 5 heteroatoms. The number of ether oxygens (including phenoxy) is 1. The van der Waals surface area contributed by atoms with Gasteiger partial charge in [0.25, 0.3) is 0 Å². The summed E-state index contributed by atoms with van der Waals surface area (Å²) in [5.41, 5.74) is 1.19. The lowest BCUT2D eigenvalue weighted by molar-refractivity contribution is 0.0157. The molecule has 1 fully saturated rings. The van der Waals surface area contributed by atoms with Crippen molar-refractivity contribution in [3.05, 3.63) is 29.6 Å². The van der Waals surface area contributed by atoms with Gasteiger partial charge in [-0.1, -0.05) is 12.1 Å². The second kappa shape index (κ2) is 6.02. The predicted molar refractivity (Wildman–Crippen MR) is 88.0 cm³/mol. The highest BCUT2D eigenvalue weighted by Crippen LogP contribution is 2.34. The molecule has 0 spiro atoms. The highest BCUT2D eigenvalue weighted by molar-refractivity contribution is 5.68. The number of amides is 1. The summed E-state index contributed by atoms with van der Waals surface area (Å²) in [4.78, 5) is 14.1. The molecule has 23 heavy (non-hydrogen) atoms. The van der Waals surface area contributed by atoms with Gasteiger partial charge in [0.2, 0.25) is 0 Å². The van der Waals surface area contributed by atoms with Gasteiger partial charge < -0.3 is 15.0 Å². The van der Waals surface area contributed by atoms with Gasteiger partial charge in [-0.05, 0) is 57.6 Å². The average molecular weight is 320 g/mol. The number of piperidine rings is 1. The van der Waals surface area contributed by atoms with Crippen molar-refractivity contribution in [1.29, 1.82) is 0 Å². The molecule has 0 aromatic heterocycles. The maximum absolute atomic E-state index is 13.9. The molecule has 1 amide bonds. The SMILES string of the molecule is CC(C)(C)OC(=O)N1CCCC(C2Cc3cccc(F)c3N2)C1. The van der Waals surface area contributed by atoms with E-state index in [2.05, 4.69) is 5.32 Å². The van der Waals surface area contributed by atoms with Gasteiger partial charge in [-0.2, -0.15) is 0 Å². The fraction of sp³-hybridized carbons (Fsp3) is 0.611. The third-order valence-electron chi connectivity index (χ3n) is 4.55. The summed E-state index contributed by atoms with van der Waals surface area (Å²) in [6.07, 6.45) is 2.58. The van der Waals surface area contributed by atoms with Crippen LogP contribution in [0, 0.1) is 11.7 Å². The number of fused-ring (bicyclic) bond motifs is 1. The number of nitrogens with zero attached hydrogens (tertiary/aromatic N) is 1. The standard InChI is InChI=1S/C18H25FN2O2/c1-18(2,3)23-17(22)21-9-5-7-13(11-21)15-10-12-6-4-8-14(19)16(12)20-15/h4,6,8,13,15,20H,5,7,9-11H2,1-3H3. The van der Waals surface area contributed by atoms with E-state index in [0.717, 1.165) is 31.4 Å². The zero-order chi connectivity index (χ0) is 16.6.